The third-order valence-electron chi connectivity index (χ3n) is 1.78. The summed E-state index contributed by atoms with van der Waals surface area (Å²) in [5.74, 6) is -0.632. The van der Waals surface area contributed by atoms with E-state index in [1.807, 2.05) is 0 Å². The Labute approximate surface area is 95.3 Å². The van der Waals surface area contributed by atoms with Crippen LogP contribution in [0.3, 0.4) is 0 Å². The summed E-state index contributed by atoms with van der Waals surface area (Å²) in [5.41, 5.74) is 0.123. The van der Waals surface area contributed by atoms with Gasteiger partial charge in [-0.05, 0) is 6.07 Å². The van der Waals surface area contributed by atoms with Gasteiger partial charge >= 0.3 is 0 Å². The van der Waals surface area contributed by atoms with E-state index in [9.17, 15) is 13.6 Å². The van der Waals surface area contributed by atoms with Crippen molar-refractivity contribution in [1.82, 2.24) is 10.3 Å². The first-order chi connectivity index (χ1) is 7.52. The third-order valence-corrected chi connectivity index (χ3v) is 2.08. The standard InChI is InChI=1S/C9H9ClF2N2O2/c10-6-3-13-2-1-5(6)9(16)14-4-7(15)8(11)12/h1-3,7-8,15H,4H2,(H,14,16). The number of nitrogens with one attached hydrogen (secondary N) is 1. The Bertz CT molecular complexity index is 376. The molecule has 1 unspecified atom stereocenters. The average molecular weight is 251 g/mol. The minimum Gasteiger partial charge on any atom is -0.385 e. The number of carbonyl (C=O) groups excluding carboxylic acids is 1. The molecule has 1 amide bonds. The van der Waals surface area contributed by atoms with E-state index in [4.69, 9.17) is 16.7 Å². The van der Waals surface area contributed by atoms with Gasteiger partial charge in [-0.2, -0.15) is 0 Å². The Kier molecular flexibility index (Phi) is 4.57. The molecule has 1 heterocycles. The van der Waals surface area contributed by atoms with Crippen molar-refractivity contribution in [3.05, 3.63) is 29.0 Å². The highest BCUT2D eigenvalue weighted by Crippen LogP contribution is 2.12. The van der Waals surface area contributed by atoms with Crippen LogP contribution >= 0.6 is 11.6 Å². The predicted octanol–water partition coefficient (Wildman–Crippen LogP) is 1.09. The Hall–Kier alpha value is -1.27. The van der Waals surface area contributed by atoms with E-state index in [0.29, 0.717) is 0 Å². The highest BCUT2D eigenvalue weighted by molar-refractivity contribution is 6.33. The normalized spacial score (nSPS) is 12.6. The first-order valence-electron chi connectivity index (χ1n) is 4.36. The molecule has 0 spiro atoms. The Morgan fingerprint density at radius 2 is 2.31 bits per heavy atom. The van der Waals surface area contributed by atoms with Gasteiger partial charge < -0.3 is 10.4 Å². The number of pyridine rings is 1. The van der Waals surface area contributed by atoms with Gasteiger partial charge in [0.15, 0.2) is 0 Å². The molecule has 0 aliphatic heterocycles. The predicted molar refractivity (Wildman–Crippen MR) is 53.6 cm³/mol. The Morgan fingerprint density at radius 1 is 1.62 bits per heavy atom. The van der Waals surface area contributed by atoms with Crippen LogP contribution in [0.1, 0.15) is 10.4 Å². The summed E-state index contributed by atoms with van der Waals surface area (Å²) >= 11 is 5.66. The molecule has 7 heteroatoms. The zero-order valence-electron chi connectivity index (χ0n) is 8.03. The fraction of sp³-hybridized carbons (Fsp3) is 0.333. The maximum absolute atomic E-state index is 11.9. The quantitative estimate of drug-likeness (QED) is 0.841. The highest BCUT2D eigenvalue weighted by atomic mass is 35.5. The molecule has 0 fully saturated rings. The van der Waals surface area contributed by atoms with Crippen molar-refractivity contribution < 1.29 is 18.7 Å². The van der Waals surface area contributed by atoms with Crippen molar-refractivity contribution in [1.29, 1.82) is 0 Å². The molecule has 0 radical (unpaired) electrons. The molecule has 16 heavy (non-hydrogen) atoms. The van der Waals surface area contributed by atoms with Gasteiger partial charge in [0.1, 0.15) is 6.10 Å². The van der Waals surface area contributed by atoms with Crippen molar-refractivity contribution in [2.24, 2.45) is 0 Å². The van der Waals surface area contributed by atoms with Crippen molar-refractivity contribution in [3.8, 4) is 0 Å². The lowest BCUT2D eigenvalue weighted by molar-refractivity contribution is -0.00270. The largest absolute Gasteiger partial charge is 0.385 e. The van der Waals surface area contributed by atoms with E-state index in [0.717, 1.165) is 0 Å². The summed E-state index contributed by atoms with van der Waals surface area (Å²) < 4.78 is 23.8. The molecule has 1 atom stereocenters. The summed E-state index contributed by atoms with van der Waals surface area (Å²) in [6.07, 6.45) is -2.16. The molecule has 2 N–H and O–H groups in total. The summed E-state index contributed by atoms with van der Waals surface area (Å²) in [4.78, 5) is 15.1. The van der Waals surface area contributed by atoms with Crippen LogP contribution in [0.4, 0.5) is 8.78 Å². The van der Waals surface area contributed by atoms with Gasteiger partial charge in [-0.15, -0.1) is 0 Å². The molecule has 0 saturated carbocycles. The average Bonchev–Trinajstić information content (AvgIpc) is 2.25. The summed E-state index contributed by atoms with van der Waals surface area (Å²) in [6, 6.07) is 1.35. The topological polar surface area (TPSA) is 62.2 Å². The number of alkyl halides is 2. The maximum atomic E-state index is 11.9. The monoisotopic (exact) mass is 250 g/mol. The molecule has 0 saturated heterocycles. The van der Waals surface area contributed by atoms with E-state index in [1.54, 1.807) is 0 Å². The molecule has 0 aliphatic carbocycles. The fourth-order valence-electron chi connectivity index (χ4n) is 0.941. The molecular weight excluding hydrogens is 242 g/mol. The molecule has 0 bridgehead atoms. The zero-order valence-corrected chi connectivity index (χ0v) is 8.79. The highest BCUT2D eigenvalue weighted by Gasteiger charge is 2.18. The van der Waals surface area contributed by atoms with Gasteiger partial charge in [-0.1, -0.05) is 11.6 Å². The number of carbonyl (C=O) groups is 1. The van der Waals surface area contributed by atoms with Crippen LogP contribution in [0.5, 0.6) is 0 Å². The number of nitrogens with zero attached hydrogens (tertiary/aromatic N) is 1. The number of hydrogen-bond acceptors (Lipinski definition) is 3. The summed E-state index contributed by atoms with van der Waals surface area (Å²) in [5, 5.41) is 11.0. The van der Waals surface area contributed by atoms with Crippen LogP contribution in [0.15, 0.2) is 18.5 Å². The first-order valence-corrected chi connectivity index (χ1v) is 4.74. The maximum Gasteiger partial charge on any atom is 0.265 e. The van der Waals surface area contributed by atoms with Crippen LogP contribution in [-0.4, -0.2) is 35.1 Å². The van der Waals surface area contributed by atoms with E-state index >= 15 is 0 Å². The number of rotatable bonds is 4. The number of amides is 1. The first kappa shape index (κ1) is 12.8. The molecule has 4 nitrogen and oxygen atoms in total. The van der Waals surface area contributed by atoms with Gasteiger partial charge in [0.05, 0.1) is 10.6 Å². The molecule has 88 valence electrons. The molecule has 1 rings (SSSR count). The van der Waals surface area contributed by atoms with E-state index in [2.05, 4.69) is 10.3 Å². The number of aliphatic hydroxyl groups excluding tert-OH is 1. The van der Waals surface area contributed by atoms with Crippen LogP contribution in [0, 0.1) is 0 Å². The Morgan fingerprint density at radius 3 is 2.88 bits per heavy atom. The van der Waals surface area contributed by atoms with Crippen molar-refractivity contribution in [3.63, 3.8) is 0 Å². The minimum atomic E-state index is -2.90. The SMILES string of the molecule is O=C(NCC(O)C(F)F)c1ccncc1Cl. The molecular formula is C9H9ClF2N2O2. The van der Waals surface area contributed by atoms with Crippen molar-refractivity contribution in [2.75, 3.05) is 6.54 Å². The minimum absolute atomic E-state index is 0.117. The van der Waals surface area contributed by atoms with Crippen LogP contribution in [0.25, 0.3) is 0 Å². The van der Waals surface area contributed by atoms with E-state index < -0.39 is 25.0 Å². The van der Waals surface area contributed by atoms with E-state index in [1.165, 1.54) is 18.5 Å². The molecule has 0 aromatic carbocycles. The summed E-state index contributed by atoms with van der Waals surface area (Å²) in [7, 11) is 0. The van der Waals surface area contributed by atoms with Gasteiger partial charge in [0.2, 0.25) is 0 Å². The smallest absolute Gasteiger partial charge is 0.265 e. The van der Waals surface area contributed by atoms with Crippen molar-refractivity contribution in [2.45, 2.75) is 12.5 Å². The molecule has 1 aromatic rings. The lowest BCUT2D eigenvalue weighted by atomic mass is 10.2. The van der Waals surface area contributed by atoms with E-state index in [-0.39, 0.29) is 10.6 Å². The summed E-state index contributed by atoms with van der Waals surface area (Å²) in [6.45, 7) is -0.533. The fourth-order valence-corrected chi connectivity index (χ4v) is 1.15. The molecule has 1 aromatic heterocycles. The number of aliphatic hydroxyl groups is 1. The second-order valence-corrected chi connectivity index (χ2v) is 3.37. The van der Waals surface area contributed by atoms with Gasteiger partial charge in [-0.25, -0.2) is 8.78 Å². The lowest BCUT2D eigenvalue weighted by Gasteiger charge is -2.10. The van der Waals surface area contributed by atoms with Gasteiger partial charge in [0.25, 0.3) is 12.3 Å². The van der Waals surface area contributed by atoms with Crippen LogP contribution in [0.2, 0.25) is 5.02 Å². The second-order valence-electron chi connectivity index (χ2n) is 2.97. The second kappa shape index (κ2) is 5.72. The number of hydrogen-bond donors (Lipinski definition) is 2. The number of halogens is 3. The number of aromatic nitrogens is 1. The van der Waals surface area contributed by atoms with Crippen molar-refractivity contribution >= 4 is 17.5 Å². The third kappa shape index (κ3) is 3.39. The molecule has 0 aliphatic rings. The van der Waals surface area contributed by atoms with Gasteiger partial charge in [0, 0.05) is 18.9 Å². The van der Waals surface area contributed by atoms with Crippen LogP contribution in [-0.2, 0) is 0 Å². The zero-order chi connectivity index (χ0) is 12.1. The lowest BCUT2D eigenvalue weighted by Crippen LogP contribution is -2.35. The van der Waals surface area contributed by atoms with Gasteiger partial charge in [-0.3, -0.25) is 9.78 Å². The van der Waals surface area contributed by atoms with Crippen LogP contribution < -0.4 is 5.32 Å². The Balaban J connectivity index is 2.57.